The predicted molar refractivity (Wildman–Crippen MR) is 114 cm³/mol. The molecule has 0 radical (unpaired) electrons. The van der Waals surface area contributed by atoms with E-state index in [2.05, 4.69) is 5.32 Å². The van der Waals surface area contributed by atoms with Gasteiger partial charge < -0.3 is 14.8 Å². The maximum Gasteiger partial charge on any atom is 0.293 e. The van der Waals surface area contributed by atoms with E-state index in [1.54, 1.807) is 24.3 Å². The fraction of sp³-hybridized carbons (Fsp3) is 0.150. The summed E-state index contributed by atoms with van der Waals surface area (Å²) in [6.45, 7) is 0.296. The smallest absolute Gasteiger partial charge is 0.293 e. The van der Waals surface area contributed by atoms with Crippen LogP contribution in [-0.4, -0.2) is 41.8 Å². The van der Waals surface area contributed by atoms with Gasteiger partial charge in [0.05, 0.1) is 4.91 Å². The number of amides is 3. The number of fused-ring (bicyclic) bond motifs is 1. The molecule has 154 valence electrons. The highest BCUT2D eigenvalue weighted by Crippen LogP contribution is 2.36. The number of benzene rings is 2. The Morgan fingerprint density at radius 2 is 1.83 bits per heavy atom. The lowest BCUT2D eigenvalue weighted by Gasteiger charge is -2.13. The molecule has 3 amide bonds. The molecule has 7 nitrogen and oxygen atoms in total. The molecule has 2 aliphatic heterocycles. The molecule has 2 aliphatic rings. The summed E-state index contributed by atoms with van der Waals surface area (Å²) in [5.41, 5.74) is 1.01. The fourth-order valence-electron chi connectivity index (χ4n) is 2.92. The summed E-state index contributed by atoms with van der Waals surface area (Å²) in [5, 5.41) is 2.94. The van der Waals surface area contributed by atoms with Crippen LogP contribution in [0.4, 0.5) is 4.79 Å². The number of hydrogen-bond acceptors (Lipinski definition) is 6. The molecule has 0 saturated carbocycles. The Morgan fingerprint density at radius 1 is 1.10 bits per heavy atom. The molecule has 0 unspecified atom stereocenters. The summed E-state index contributed by atoms with van der Waals surface area (Å²) in [6, 6.07) is 9.75. The summed E-state index contributed by atoms with van der Waals surface area (Å²) < 4.78 is 10.6. The van der Waals surface area contributed by atoms with Crippen molar-refractivity contribution in [3.05, 3.63) is 62.5 Å². The first-order valence-corrected chi connectivity index (χ1v) is 10.4. The van der Waals surface area contributed by atoms with Crippen molar-refractivity contribution in [2.75, 3.05) is 19.9 Å². The maximum atomic E-state index is 12.6. The summed E-state index contributed by atoms with van der Waals surface area (Å²) in [7, 11) is 0. The quantitative estimate of drug-likeness (QED) is 0.667. The summed E-state index contributed by atoms with van der Waals surface area (Å²) >= 11 is 12.6. The van der Waals surface area contributed by atoms with Gasteiger partial charge in [0.15, 0.2) is 11.5 Å². The zero-order chi connectivity index (χ0) is 21.3. The van der Waals surface area contributed by atoms with E-state index >= 15 is 0 Å². The summed E-state index contributed by atoms with van der Waals surface area (Å²) in [5.74, 6) is 0.411. The van der Waals surface area contributed by atoms with Crippen molar-refractivity contribution in [1.82, 2.24) is 10.2 Å². The van der Waals surface area contributed by atoms with Gasteiger partial charge in [0.2, 0.25) is 6.79 Å². The van der Waals surface area contributed by atoms with Crippen LogP contribution in [0.5, 0.6) is 11.5 Å². The van der Waals surface area contributed by atoms with Gasteiger partial charge in [-0.25, -0.2) is 0 Å². The number of rotatable bonds is 5. The van der Waals surface area contributed by atoms with Crippen LogP contribution in [0.1, 0.15) is 15.9 Å². The van der Waals surface area contributed by atoms with Gasteiger partial charge in [-0.3, -0.25) is 19.3 Å². The third kappa shape index (κ3) is 4.40. The van der Waals surface area contributed by atoms with E-state index in [-0.39, 0.29) is 19.9 Å². The second-order valence-corrected chi connectivity index (χ2v) is 8.23. The number of carbonyl (C=O) groups is 3. The molecule has 0 bridgehead atoms. The minimum atomic E-state index is -0.414. The Labute approximate surface area is 185 Å². The molecule has 0 aliphatic carbocycles. The number of halogens is 2. The van der Waals surface area contributed by atoms with E-state index in [0.717, 1.165) is 22.2 Å². The van der Waals surface area contributed by atoms with Crippen LogP contribution in [0.3, 0.4) is 0 Å². The third-order valence-corrected chi connectivity index (χ3v) is 5.66. The Hall–Kier alpha value is -2.68. The van der Waals surface area contributed by atoms with Crippen LogP contribution in [-0.2, 0) is 4.79 Å². The van der Waals surface area contributed by atoms with Gasteiger partial charge in [-0.1, -0.05) is 29.3 Å². The third-order valence-electron chi connectivity index (χ3n) is 4.31. The Kier molecular flexibility index (Phi) is 5.90. The molecule has 0 aromatic heterocycles. The Balaban J connectivity index is 1.38. The molecule has 1 saturated heterocycles. The number of nitrogens with one attached hydrogen (secondary N) is 1. The lowest BCUT2D eigenvalue weighted by molar-refractivity contribution is -0.122. The molecular weight excluding hydrogens is 451 g/mol. The zero-order valence-corrected chi connectivity index (χ0v) is 17.6. The van der Waals surface area contributed by atoms with Crippen molar-refractivity contribution in [2.45, 2.75) is 0 Å². The molecule has 10 heteroatoms. The van der Waals surface area contributed by atoms with Crippen molar-refractivity contribution >= 4 is 58.1 Å². The van der Waals surface area contributed by atoms with Gasteiger partial charge in [0, 0.05) is 28.7 Å². The van der Waals surface area contributed by atoms with Gasteiger partial charge in [0.25, 0.3) is 17.1 Å². The molecule has 1 N–H and O–H groups in total. The lowest BCUT2D eigenvalue weighted by atomic mass is 10.2. The Bertz CT molecular complexity index is 1070. The van der Waals surface area contributed by atoms with Gasteiger partial charge in [-0.2, -0.15) is 0 Å². The van der Waals surface area contributed by atoms with E-state index in [1.165, 1.54) is 18.2 Å². The fourth-order valence-corrected chi connectivity index (χ4v) is 4.31. The van der Waals surface area contributed by atoms with Crippen LogP contribution in [0.15, 0.2) is 41.3 Å². The topological polar surface area (TPSA) is 84.9 Å². The second kappa shape index (κ2) is 8.59. The van der Waals surface area contributed by atoms with Gasteiger partial charge in [0.1, 0.15) is 0 Å². The standard InChI is InChI=1S/C20H14Cl2N2O5S/c21-13-7-12(8-14(22)9-13)18(25)23-3-4-24-19(26)17(30-20(24)27)6-11-1-2-15-16(5-11)29-10-28-15/h1-2,5-9H,3-4,10H2,(H,23,25)/b17-6-. The van der Waals surface area contributed by atoms with Crippen molar-refractivity contribution in [3.63, 3.8) is 0 Å². The molecule has 2 heterocycles. The number of hydrogen-bond donors (Lipinski definition) is 1. The van der Waals surface area contributed by atoms with E-state index in [1.807, 2.05) is 0 Å². The van der Waals surface area contributed by atoms with Crippen LogP contribution < -0.4 is 14.8 Å². The number of thioether (sulfide) groups is 1. The largest absolute Gasteiger partial charge is 0.454 e. The minimum Gasteiger partial charge on any atom is -0.454 e. The highest BCUT2D eigenvalue weighted by atomic mass is 35.5. The maximum absolute atomic E-state index is 12.6. The Morgan fingerprint density at radius 3 is 2.60 bits per heavy atom. The normalized spacial score (nSPS) is 16.5. The zero-order valence-electron chi connectivity index (χ0n) is 15.3. The first kappa shape index (κ1) is 20.6. The first-order chi connectivity index (χ1) is 14.4. The van der Waals surface area contributed by atoms with Gasteiger partial charge >= 0.3 is 0 Å². The monoisotopic (exact) mass is 464 g/mol. The van der Waals surface area contributed by atoms with Gasteiger partial charge in [-0.15, -0.1) is 0 Å². The summed E-state index contributed by atoms with van der Waals surface area (Å²) in [4.78, 5) is 38.5. The molecule has 4 rings (SSSR count). The van der Waals surface area contributed by atoms with Crippen LogP contribution in [0.25, 0.3) is 6.08 Å². The number of carbonyl (C=O) groups excluding carboxylic acids is 3. The number of nitrogens with zero attached hydrogens (tertiary/aromatic N) is 1. The van der Waals surface area contributed by atoms with Crippen molar-refractivity contribution in [2.24, 2.45) is 0 Å². The average Bonchev–Trinajstić information content (AvgIpc) is 3.26. The van der Waals surface area contributed by atoms with Crippen molar-refractivity contribution < 1.29 is 23.9 Å². The number of ether oxygens (including phenoxy) is 2. The van der Waals surface area contributed by atoms with Crippen molar-refractivity contribution in [1.29, 1.82) is 0 Å². The van der Waals surface area contributed by atoms with E-state index in [4.69, 9.17) is 32.7 Å². The van der Waals surface area contributed by atoms with E-state index in [9.17, 15) is 14.4 Å². The van der Waals surface area contributed by atoms with Crippen LogP contribution in [0.2, 0.25) is 10.0 Å². The number of imide groups is 1. The first-order valence-electron chi connectivity index (χ1n) is 8.80. The predicted octanol–water partition coefficient (Wildman–Crippen LogP) is 4.19. The molecule has 30 heavy (non-hydrogen) atoms. The summed E-state index contributed by atoms with van der Waals surface area (Å²) in [6.07, 6.45) is 1.62. The molecule has 0 atom stereocenters. The molecule has 2 aromatic carbocycles. The van der Waals surface area contributed by atoms with Crippen molar-refractivity contribution in [3.8, 4) is 11.5 Å². The highest BCUT2D eigenvalue weighted by Gasteiger charge is 2.34. The second-order valence-electron chi connectivity index (χ2n) is 6.36. The lowest BCUT2D eigenvalue weighted by Crippen LogP contribution is -2.37. The van der Waals surface area contributed by atoms with E-state index in [0.29, 0.717) is 32.0 Å². The molecule has 2 aromatic rings. The van der Waals surface area contributed by atoms with E-state index < -0.39 is 17.1 Å². The van der Waals surface area contributed by atoms with Crippen LogP contribution in [0, 0.1) is 0 Å². The van der Waals surface area contributed by atoms with Crippen LogP contribution >= 0.6 is 35.0 Å². The molecule has 1 fully saturated rings. The minimum absolute atomic E-state index is 0.0448. The molecular formula is C20H14Cl2N2O5S. The van der Waals surface area contributed by atoms with Gasteiger partial charge in [-0.05, 0) is 53.7 Å². The molecule has 0 spiro atoms. The SMILES string of the molecule is O=C(NCCN1C(=O)S/C(=C\c2ccc3c(c2)OCO3)C1=O)c1cc(Cl)cc(Cl)c1. The highest BCUT2D eigenvalue weighted by molar-refractivity contribution is 8.18. The average molecular weight is 465 g/mol.